The molecule has 1 N–H and O–H groups in total. The summed E-state index contributed by atoms with van der Waals surface area (Å²) in [7, 11) is 4.28. The van der Waals surface area contributed by atoms with Crippen molar-refractivity contribution in [3.05, 3.63) is 10.6 Å². The predicted molar refractivity (Wildman–Crippen MR) is 85.8 cm³/mol. The van der Waals surface area contributed by atoms with E-state index in [1.165, 1.54) is 35.0 Å². The zero-order valence-electron chi connectivity index (χ0n) is 13.1. The van der Waals surface area contributed by atoms with Crippen LogP contribution in [0.15, 0.2) is 0 Å². The van der Waals surface area contributed by atoms with Crippen molar-refractivity contribution in [2.75, 3.05) is 38.6 Å². The van der Waals surface area contributed by atoms with E-state index in [1.807, 2.05) is 11.3 Å². The van der Waals surface area contributed by atoms with Crippen molar-refractivity contribution in [3.8, 4) is 0 Å². The maximum absolute atomic E-state index is 4.98. The smallest absolute Gasteiger partial charge is 0.185 e. The molecule has 1 fully saturated rings. The van der Waals surface area contributed by atoms with Gasteiger partial charge in [0, 0.05) is 30.1 Å². The zero-order valence-corrected chi connectivity index (χ0v) is 13.9. The molecule has 1 unspecified atom stereocenters. The second-order valence-corrected chi connectivity index (χ2v) is 7.76. The minimum Gasteiger partial charge on any atom is -0.345 e. The van der Waals surface area contributed by atoms with Crippen molar-refractivity contribution in [1.29, 1.82) is 0 Å². The van der Waals surface area contributed by atoms with Gasteiger partial charge in [0.15, 0.2) is 5.13 Å². The molecule has 112 valence electrons. The van der Waals surface area contributed by atoms with Crippen LogP contribution in [0, 0.1) is 0 Å². The summed E-state index contributed by atoms with van der Waals surface area (Å²) in [6.45, 7) is 7.93. The largest absolute Gasteiger partial charge is 0.345 e. The molecular formula is C15H26N4S. The lowest BCUT2D eigenvalue weighted by atomic mass is 9.98. The number of nitrogens with one attached hydrogen (secondary N) is 1. The van der Waals surface area contributed by atoms with Crippen LogP contribution in [0.5, 0.6) is 0 Å². The minimum absolute atomic E-state index is 0.229. The van der Waals surface area contributed by atoms with Gasteiger partial charge >= 0.3 is 0 Å². The quantitative estimate of drug-likeness (QED) is 0.907. The van der Waals surface area contributed by atoms with Crippen molar-refractivity contribution in [3.63, 3.8) is 0 Å². The fourth-order valence-electron chi connectivity index (χ4n) is 3.23. The number of hydrogen-bond donors (Lipinski definition) is 1. The van der Waals surface area contributed by atoms with Gasteiger partial charge in [0.25, 0.3) is 0 Å². The van der Waals surface area contributed by atoms with Gasteiger partial charge in [0.05, 0.1) is 11.7 Å². The Morgan fingerprint density at radius 2 is 2.15 bits per heavy atom. The maximum Gasteiger partial charge on any atom is 0.185 e. The number of anilines is 1. The number of nitrogens with zero attached hydrogens (tertiary/aromatic N) is 3. The molecule has 1 aliphatic carbocycles. The van der Waals surface area contributed by atoms with Gasteiger partial charge in [-0.2, -0.15) is 0 Å². The van der Waals surface area contributed by atoms with E-state index in [2.05, 4.69) is 43.1 Å². The summed E-state index contributed by atoms with van der Waals surface area (Å²) < 4.78 is 0. The molecule has 0 amide bonds. The van der Waals surface area contributed by atoms with Crippen LogP contribution in [0.1, 0.15) is 43.3 Å². The minimum atomic E-state index is 0.229. The van der Waals surface area contributed by atoms with Crippen LogP contribution < -0.4 is 10.2 Å². The standard InChI is InChI=1S/C15H26N4S/c1-15(2)10-19(9-8-18(15)4)14-17-13-11(16-3)6-5-7-12(13)20-14/h11,16H,5-10H2,1-4H3. The van der Waals surface area contributed by atoms with Crippen molar-refractivity contribution in [2.24, 2.45) is 0 Å². The first-order chi connectivity index (χ1) is 9.51. The zero-order chi connectivity index (χ0) is 14.3. The molecule has 0 radical (unpaired) electrons. The molecule has 2 aliphatic rings. The van der Waals surface area contributed by atoms with E-state index in [0.29, 0.717) is 6.04 Å². The Balaban J connectivity index is 1.83. The van der Waals surface area contributed by atoms with Crippen LogP contribution in [-0.4, -0.2) is 49.2 Å². The van der Waals surface area contributed by atoms with Crippen LogP contribution in [0.25, 0.3) is 0 Å². The average Bonchev–Trinajstić information content (AvgIpc) is 2.85. The molecule has 0 saturated carbocycles. The van der Waals surface area contributed by atoms with Crippen LogP contribution in [-0.2, 0) is 6.42 Å². The number of thiazole rings is 1. The lowest BCUT2D eigenvalue weighted by molar-refractivity contribution is 0.139. The van der Waals surface area contributed by atoms with Crippen molar-refractivity contribution in [1.82, 2.24) is 15.2 Å². The second-order valence-electron chi connectivity index (χ2n) is 6.69. The number of rotatable bonds is 2. The number of aromatic nitrogens is 1. The number of piperazine rings is 1. The Labute approximate surface area is 126 Å². The number of fused-ring (bicyclic) bond motifs is 1. The van der Waals surface area contributed by atoms with E-state index in [9.17, 15) is 0 Å². The van der Waals surface area contributed by atoms with E-state index in [0.717, 1.165) is 19.6 Å². The highest BCUT2D eigenvalue weighted by Crippen LogP contribution is 2.37. The van der Waals surface area contributed by atoms with Crippen LogP contribution in [0.3, 0.4) is 0 Å². The van der Waals surface area contributed by atoms with E-state index < -0.39 is 0 Å². The normalized spacial score (nSPS) is 26.6. The highest BCUT2D eigenvalue weighted by atomic mass is 32.1. The monoisotopic (exact) mass is 294 g/mol. The van der Waals surface area contributed by atoms with Gasteiger partial charge in [0.1, 0.15) is 0 Å². The Hall–Kier alpha value is -0.650. The Kier molecular flexibility index (Phi) is 3.77. The first-order valence-corrected chi connectivity index (χ1v) is 8.46. The first-order valence-electron chi connectivity index (χ1n) is 7.64. The molecule has 0 spiro atoms. The highest BCUT2D eigenvalue weighted by molar-refractivity contribution is 7.15. The van der Waals surface area contributed by atoms with Gasteiger partial charge in [-0.25, -0.2) is 4.98 Å². The topological polar surface area (TPSA) is 31.4 Å². The van der Waals surface area contributed by atoms with Crippen molar-refractivity contribution >= 4 is 16.5 Å². The summed E-state index contributed by atoms with van der Waals surface area (Å²) >= 11 is 1.92. The molecule has 3 rings (SSSR count). The van der Waals surface area contributed by atoms with E-state index in [4.69, 9.17) is 4.98 Å². The lowest BCUT2D eigenvalue weighted by Crippen LogP contribution is -2.57. The van der Waals surface area contributed by atoms with Gasteiger partial charge in [0.2, 0.25) is 0 Å². The Bertz CT molecular complexity index is 482. The Morgan fingerprint density at radius 1 is 1.35 bits per heavy atom. The number of hydrogen-bond acceptors (Lipinski definition) is 5. The fraction of sp³-hybridized carbons (Fsp3) is 0.800. The van der Waals surface area contributed by atoms with Gasteiger partial charge in [-0.05, 0) is 47.2 Å². The lowest BCUT2D eigenvalue weighted by Gasteiger charge is -2.45. The molecule has 4 nitrogen and oxygen atoms in total. The highest BCUT2D eigenvalue weighted by Gasteiger charge is 2.33. The van der Waals surface area contributed by atoms with Crippen molar-refractivity contribution in [2.45, 2.75) is 44.7 Å². The van der Waals surface area contributed by atoms with Crippen LogP contribution >= 0.6 is 11.3 Å². The number of likely N-dealkylation sites (N-methyl/N-ethyl adjacent to an activating group) is 1. The molecule has 2 heterocycles. The summed E-state index contributed by atoms with van der Waals surface area (Å²) in [5.41, 5.74) is 1.54. The second kappa shape index (κ2) is 5.28. The van der Waals surface area contributed by atoms with E-state index >= 15 is 0 Å². The predicted octanol–water partition coefficient (Wildman–Crippen LogP) is 2.27. The summed E-state index contributed by atoms with van der Waals surface area (Å²) in [5.74, 6) is 0. The van der Waals surface area contributed by atoms with Gasteiger partial charge in [-0.15, -0.1) is 11.3 Å². The molecule has 1 saturated heterocycles. The summed E-state index contributed by atoms with van der Waals surface area (Å²) in [4.78, 5) is 11.4. The summed E-state index contributed by atoms with van der Waals surface area (Å²) in [5, 5.41) is 4.65. The molecule has 1 aliphatic heterocycles. The van der Waals surface area contributed by atoms with Crippen LogP contribution in [0.4, 0.5) is 5.13 Å². The molecular weight excluding hydrogens is 268 g/mol. The third-order valence-corrected chi connectivity index (χ3v) is 6.07. The van der Waals surface area contributed by atoms with E-state index in [-0.39, 0.29) is 5.54 Å². The van der Waals surface area contributed by atoms with Crippen LogP contribution in [0.2, 0.25) is 0 Å². The maximum atomic E-state index is 4.98. The molecule has 20 heavy (non-hydrogen) atoms. The average molecular weight is 294 g/mol. The SMILES string of the molecule is CNC1CCCc2sc(N3CCN(C)C(C)(C)C3)nc21. The molecule has 0 aromatic carbocycles. The van der Waals surface area contributed by atoms with Gasteiger partial charge in [-0.1, -0.05) is 0 Å². The van der Waals surface area contributed by atoms with Gasteiger partial charge < -0.3 is 10.2 Å². The molecule has 1 atom stereocenters. The molecule has 1 aromatic heterocycles. The Morgan fingerprint density at radius 3 is 2.85 bits per heavy atom. The number of aryl methyl sites for hydroxylation is 1. The molecule has 0 bridgehead atoms. The van der Waals surface area contributed by atoms with Crippen molar-refractivity contribution < 1.29 is 0 Å². The van der Waals surface area contributed by atoms with E-state index in [1.54, 1.807) is 0 Å². The fourth-order valence-corrected chi connectivity index (χ4v) is 4.41. The molecule has 1 aromatic rings. The van der Waals surface area contributed by atoms with Gasteiger partial charge in [-0.3, -0.25) is 4.90 Å². The molecule has 5 heteroatoms. The summed E-state index contributed by atoms with van der Waals surface area (Å²) in [6.07, 6.45) is 3.72. The third kappa shape index (κ3) is 2.47. The first kappa shape index (κ1) is 14.3. The third-order valence-electron chi connectivity index (χ3n) is 4.88. The summed E-state index contributed by atoms with van der Waals surface area (Å²) in [6, 6.07) is 0.462.